The van der Waals surface area contributed by atoms with Crippen molar-refractivity contribution >= 4 is 22.8 Å². The Morgan fingerprint density at radius 2 is 1.56 bits per heavy atom. The molecule has 0 fully saturated rings. The highest BCUT2D eigenvalue weighted by molar-refractivity contribution is 5.80. The lowest BCUT2D eigenvalue weighted by Gasteiger charge is -2.09. The fourth-order valence-electron chi connectivity index (χ4n) is 2.38. The van der Waals surface area contributed by atoms with Gasteiger partial charge in [-0.2, -0.15) is 0 Å². The van der Waals surface area contributed by atoms with E-state index in [1.165, 1.54) is 32.0 Å². The molecule has 1 heterocycles. The number of hydrogen-bond acceptors (Lipinski definition) is 6. The Morgan fingerprint density at radius 3 is 2.16 bits per heavy atom. The summed E-state index contributed by atoms with van der Waals surface area (Å²) in [6, 6.07) is 11.4. The van der Waals surface area contributed by atoms with Crippen LogP contribution in [0.4, 0.5) is 0 Å². The minimum atomic E-state index is -0.522. The van der Waals surface area contributed by atoms with Crippen LogP contribution in [0.1, 0.15) is 13.8 Å². The number of esters is 2. The lowest BCUT2D eigenvalue weighted by Crippen LogP contribution is -2.10. The second-order valence-electron chi connectivity index (χ2n) is 5.31. The van der Waals surface area contributed by atoms with Crippen molar-refractivity contribution in [3.05, 3.63) is 52.8 Å². The molecule has 0 unspecified atom stereocenters. The van der Waals surface area contributed by atoms with E-state index in [9.17, 15) is 14.4 Å². The van der Waals surface area contributed by atoms with Gasteiger partial charge in [0, 0.05) is 25.5 Å². The quantitative estimate of drug-likeness (QED) is 0.582. The molecule has 0 atom stereocenters. The van der Waals surface area contributed by atoms with Gasteiger partial charge in [-0.1, -0.05) is 12.1 Å². The normalized spacial score (nSPS) is 10.5. The van der Waals surface area contributed by atoms with Gasteiger partial charge >= 0.3 is 11.9 Å². The number of carbonyl (C=O) groups excluding carboxylic acids is 2. The fourth-order valence-corrected chi connectivity index (χ4v) is 2.38. The van der Waals surface area contributed by atoms with E-state index in [-0.39, 0.29) is 22.9 Å². The SMILES string of the molecule is CC(=O)Oc1cc(OC(C)=O)cc(-c2nc3ccccc3c(=O)[nH]2)c1. The molecule has 3 rings (SSSR count). The van der Waals surface area contributed by atoms with E-state index in [2.05, 4.69) is 9.97 Å². The van der Waals surface area contributed by atoms with Gasteiger partial charge in [-0.3, -0.25) is 14.4 Å². The number of hydrogen-bond donors (Lipinski definition) is 1. The zero-order valence-electron chi connectivity index (χ0n) is 13.5. The molecule has 0 aliphatic carbocycles. The Balaban J connectivity index is 2.16. The molecule has 1 aromatic heterocycles. The van der Waals surface area contributed by atoms with E-state index in [1.54, 1.807) is 24.3 Å². The molecule has 0 spiro atoms. The van der Waals surface area contributed by atoms with Crippen LogP contribution in [0.3, 0.4) is 0 Å². The van der Waals surface area contributed by atoms with Gasteiger partial charge in [-0.05, 0) is 24.3 Å². The van der Waals surface area contributed by atoms with E-state index < -0.39 is 11.9 Å². The number of aromatic nitrogens is 2. The van der Waals surface area contributed by atoms with Crippen molar-refractivity contribution in [3.63, 3.8) is 0 Å². The lowest BCUT2D eigenvalue weighted by molar-refractivity contribution is -0.132. The molecular weight excluding hydrogens is 324 g/mol. The largest absolute Gasteiger partial charge is 0.427 e. The number of benzene rings is 2. The first-order valence-electron chi connectivity index (χ1n) is 7.44. The van der Waals surface area contributed by atoms with Crippen LogP contribution in [0, 0.1) is 0 Å². The number of rotatable bonds is 3. The van der Waals surface area contributed by atoms with Gasteiger partial charge in [-0.25, -0.2) is 4.98 Å². The first kappa shape index (κ1) is 16.4. The van der Waals surface area contributed by atoms with Gasteiger partial charge < -0.3 is 14.5 Å². The maximum atomic E-state index is 12.2. The minimum Gasteiger partial charge on any atom is -0.427 e. The molecule has 7 nitrogen and oxygen atoms in total. The second kappa shape index (κ2) is 6.56. The number of aromatic amines is 1. The number of nitrogens with one attached hydrogen (secondary N) is 1. The maximum absolute atomic E-state index is 12.2. The fraction of sp³-hybridized carbons (Fsp3) is 0.111. The molecule has 3 aromatic rings. The number of carbonyl (C=O) groups is 2. The third-order valence-electron chi connectivity index (χ3n) is 3.29. The van der Waals surface area contributed by atoms with E-state index >= 15 is 0 Å². The van der Waals surface area contributed by atoms with E-state index in [0.717, 1.165) is 0 Å². The van der Waals surface area contributed by atoms with Gasteiger partial charge in [-0.15, -0.1) is 0 Å². The van der Waals surface area contributed by atoms with Crippen molar-refractivity contribution in [3.8, 4) is 22.9 Å². The van der Waals surface area contributed by atoms with Crippen LogP contribution in [0.25, 0.3) is 22.3 Å². The Kier molecular flexibility index (Phi) is 4.30. The summed E-state index contributed by atoms with van der Waals surface area (Å²) < 4.78 is 10.1. The van der Waals surface area contributed by atoms with Crippen LogP contribution in [0.5, 0.6) is 11.5 Å². The van der Waals surface area contributed by atoms with Crippen LogP contribution in [-0.4, -0.2) is 21.9 Å². The molecule has 0 bridgehead atoms. The average molecular weight is 338 g/mol. The van der Waals surface area contributed by atoms with Crippen LogP contribution in [-0.2, 0) is 9.59 Å². The molecule has 0 aliphatic heterocycles. The number of ether oxygens (including phenoxy) is 2. The van der Waals surface area contributed by atoms with Crippen LogP contribution < -0.4 is 15.0 Å². The topological polar surface area (TPSA) is 98.3 Å². The van der Waals surface area contributed by atoms with Crippen molar-refractivity contribution in [1.29, 1.82) is 0 Å². The van der Waals surface area contributed by atoms with Gasteiger partial charge in [0.2, 0.25) is 0 Å². The van der Waals surface area contributed by atoms with Gasteiger partial charge in [0.15, 0.2) is 0 Å². The predicted molar refractivity (Wildman–Crippen MR) is 90.4 cm³/mol. The Labute approximate surface area is 142 Å². The van der Waals surface area contributed by atoms with Crippen molar-refractivity contribution in [2.24, 2.45) is 0 Å². The summed E-state index contributed by atoms with van der Waals surface area (Å²) in [5.74, 6) is -0.419. The van der Waals surface area contributed by atoms with Gasteiger partial charge in [0.25, 0.3) is 5.56 Å². The smallest absolute Gasteiger partial charge is 0.308 e. The Bertz CT molecular complexity index is 1000. The summed E-state index contributed by atoms with van der Waals surface area (Å²) in [6.07, 6.45) is 0. The van der Waals surface area contributed by atoms with Crippen molar-refractivity contribution < 1.29 is 19.1 Å². The number of nitrogens with zero attached hydrogens (tertiary/aromatic N) is 1. The zero-order valence-corrected chi connectivity index (χ0v) is 13.5. The molecule has 2 aromatic carbocycles. The third kappa shape index (κ3) is 3.72. The lowest BCUT2D eigenvalue weighted by atomic mass is 10.1. The highest BCUT2D eigenvalue weighted by Gasteiger charge is 2.11. The van der Waals surface area contributed by atoms with E-state index in [4.69, 9.17) is 9.47 Å². The van der Waals surface area contributed by atoms with E-state index in [0.29, 0.717) is 16.5 Å². The molecule has 0 aliphatic rings. The third-order valence-corrected chi connectivity index (χ3v) is 3.29. The molecule has 25 heavy (non-hydrogen) atoms. The number of para-hydroxylation sites is 1. The first-order valence-corrected chi connectivity index (χ1v) is 7.44. The first-order chi connectivity index (χ1) is 11.9. The molecule has 126 valence electrons. The average Bonchev–Trinajstić information content (AvgIpc) is 2.53. The Morgan fingerprint density at radius 1 is 0.960 bits per heavy atom. The standard InChI is InChI=1S/C18H14N2O5/c1-10(21)24-13-7-12(8-14(9-13)25-11(2)22)17-19-16-6-4-3-5-15(16)18(23)20-17/h3-9H,1-2H3,(H,19,20,23). The summed E-state index contributed by atoms with van der Waals surface area (Å²) in [6.45, 7) is 2.52. The summed E-state index contributed by atoms with van der Waals surface area (Å²) >= 11 is 0. The predicted octanol–water partition coefficient (Wildman–Crippen LogP) is 2.44. The van der Waals surface area contributed by atoms with E-state index in [1.807, 2.05) is 0 Å². The molecule has 7 heteroatoms. The van der Waals surface area contributed by atoms with Crippen molar-refractivity contribution in [2.45, 2.75) is 13.8 Å². The summed E-state index contributed by atoms with van der Waals surface area (Å²) in [5.41, 5.74) is 0.665. The monoisotopic (exact) mass is 338 g/mol. The summed E-state index contributed by atoms with van der Waals surface area (Å²) in [5, 5.41) is 0.461. The van der Waals surface area contributed by atoms with Crippen LogP contribution >= 0.6 is 0 Å². The number of H-pyrrole nitrogens is 1. The zero-order chi connectivity index (χ0) is 18.0. The van der Waals surface area contributed by atoms with Gasteiger partial charge in [0.1, 0.15) is 17.3 Å². The molecule has 1 N–H and O–H groups in total. The summed E-state index contributed by atoms with van der Waals surface area (Å²) in [4.78, 5) is 41.8. The minimum absolute atomic E-state index is 0.178. The Hall–Kier alpha value is -3.48. The molecule has 0 amide bonds. The van der Waals surface area contributed by atoms with Crippen molar-refractivity contribution in [2.75, 3.05) is 0 Å². The second-order valence-corrected chi connectivity index (χ2v) is 5.31. The van der Waals surface area contributed by atoms with Crippen LogP contribution in [0.15, 0.2) is 47.3 Å². The van der Waals surface area contributed by atoms with Crippen LogP contribution in [0.2, 0.25) is 0 Å². The highest BCUT2D eigenvalue weighted by Crippen LogP contribution is 2.28. The molecule has 0 saturated carbocycles. The van der Waals surface area contributed by atoms with Crippen molar-refractivity contribution in [1.82, 2.24) is 9.97 Å². The molecule has 0 saturated heterocycles. The summed E-state index contributed by atoms with van der Waals surface area (Å²) in [7, 11) is 0. The maximum Gasteiger partial charge on any atom is 0.308 e. The number of fused-ring (bicyclic) bond motifs is 1. The molecule has 0 radical (unpaired) electrons. The van der Waals surface area contributed by atoms with Gasteiger partial charge in [0.05, 0.1) is 10.9 Å². The molecular formula is C18H14N2O5. The highest BCUT2D eigenvalue weighted by atomic mass is 16.5.